The molecule has 1 atom stereocenters. The summed E-state index contributed by atoms with van der Waals surface area (Å²) in [7, 11) is 0. The molecule has 2 N–H and O–H groups in total. The molecule has 5 nitrogen and oxygen atoms in total. The highest BCUT2D eigenvalue weighted by Crippen LogP contribution is 2.38. The van der Waals surface area contributed by atoms with Crippen molar-refractivity contribution in [1.29, 1.82) is 0 Å². The van der Waals surface area contributed by atoms with Crippen molar-refractivity contribution in [2.24, 2.45) is 5.92 Å². The number of para-hydroxylation sites is 2. The minimum absolute atomic E-state index is 0.151. The van der Waals surface area contributed by atoms with Crippen LogP contribution in [0.2, 0.25) is 0 Å². The average Bonchev–Trinajstić information content (AvgIpc) is 3.32. The number of carbonyl (C=O) groups excluding carboxylic acids is 1. The Hall–Kier alpha value is -2.02. The number of nitrogens with one attached hydrogen (secondary N) is 2. The number of amides is 1. The van der Waals surface area contributed by atoms with Crippen molar-refractivity contribution >= 4 is 16.9 Å². The first-order chi connectivity index (χ1) is 11.6. The van der Waals surface area contributed by atoms with Crippen molar-refractivity contribution < 1.29 is 13.6 Å². The van der Waals surface area contributed by atoms with Gasteiger partial charge >= 0.3 is 0 Å². The molecule has 1 aromatic carbocycles. The fourth-order valence-corrected chi connectivity index (χ4v) is 3.41. The number of nitrogens with zero attached hydrogens (tertiary/aromatic N) is 2. The fraction of sp³-hybridized carbons (Fsp3) is 0.529. The highest BCUT2D eigenvalue weighted by molar-refractivity contribution is 5.80. The number of rotatable bonds is 4. The van der Waals surface area contributed by atoms with Crippen LogP contribution in [0, 0.1) is 5.92 Å². The van der Waals surface area contributed by atoms with Crippen LogP contribution in [0.4, 0.5) is 8.78 Å². The van der Waals surface area contributed by atoms with Crippen LogP contribution >= 0.6 is 0 Å². The Balaban J connectivity index is 1.52. The molecule has 1 aliphatic heterocycles. The van der Waals surface area contributed by atoms with E-state index in [1.165, 1.54) is 0 Å². The molecule has 128 valence electrons. The number of benzene rings is 1. The van der Waals surface area contributed by atoms with Gasteiger partial charge in [-0.2, -0.15) is 0 Å². The standard InChI is InChI=1S/C17H20F2N4O/c18-17(19)10-20-8-7-12(17)16(24)21-9-15-22-13-3-1-2-4-14(13)23(15)11-5-6-11/h1-4,11-12,20H,5-10H2,(H,21,24). The first-order valence-corrected chi connectivity index (χ1v) is 8.38. The van der Waals surface area contributed by atoms with E-state index >= 15 is 0 Å². The molecule has 2 aromatic rings. The van der Waals surface area contributed by atoms with Crippen molar-refractivity contribution in [3.05, 3.63) is 30.1 Å². The Bertz CT molecular complexity index is 769. The number of fused-ring (bicyclic) bond motifs is 1. The second-order valence-corrected chi connectivity index (χ2v) is 6.61. The summed E-state index contributed by atoms with van der Waals surface area (Å²) in [5, 5.41) is 5.32. The third kappa shape index (κ3) is 2.77. The van der Waals surface area contributed by atoms with Crippen LogP contribution in [0.1, 0.15) is 31.1 Å². The number of carbonyl (C=O) groups is 1. The molecule has 7 heteroatoms. The molecule has 1 saturated heterocycles. The SMILES string of the molecule is O=C(NCc1nc2ccccc2n1C1CC1)C1CCNCC1(F)F. The Kier molecular flexibility index (Phi) is 3.75. The van der Waals surface area contributed by atoms with Crippen molar-refractivity contribution in [3.63, 3.8) is 0 Å². The van der Waals surface area contributed by atoms with E-state index in [1.807, 2.05) is 24.3 Å². The molecule has 1 amide bonds. The molecule has 0 radical (unpaired) electrons. The van der Waals surface area contributed by atoms with E-state index in [4.69, 9.17) is 0 Å². The summed E-state index contributed by atoms with van der Waals surface area (Å²) in [5.41, 5.74) is 1.91. The van der Waals surface area contributed by atoms with Gasteiger partial charge in [-0.1, -0.05) is 12.1 Å². The highest BCUT2D eigenvalue weighted by Gasteiger charge is 2.45. The number of aromatic nitrogens is 2. The smallest absolute Gasteiger partial charge is 0.271 e. The number of imidazole rings is 1. The molecular weight excluding hydrogens is 314 g/mol. The number of hydrogen-bond acceptors (Lipinski definition) is 3. The van der Waals surface area contributed by atoms with Gasteiger partial charge in [-0.05, 0) is 37.9 Å². The van der Waals surface area contributed by atoms with E-state index in [0.29, 0.717) is 12.6 Å². The van der Waals surface area contributed by atoms with E-state index in [9.17, 15) is 13.6 Å². The molecule has 2 fully saturated rings. The molecule has 2 heterocycles. The maximum Gasteiger partial charge on any atom is 0.271 e. The average molecular weight is 334 g/mol. The zero-order valence-corrected chi connectivity index (χ0v) is 13.3. The van der Waals surface area contributed by atoms with Gasteiger partial charge in [0, 0.05) is 6.04 Å². The van der Waals surface area contributed by atoms with Crippen LogP contribution < -0.4 is 10.6 Å². The van der Waals surface area contributed by atoms with Crippen molar-refractivity contribution in [1.82, 2.24) is 20.2 Å². The van der Waals surface area contributed by atoms with Gasteiger partial charge in [0.05, 0.1) is 24.1 Å². The lowest BCUT2D eigenvalue weighted by molar-refractivity contribution is -0.143. The van der Waals surface area contributed by atoms with Crippen molar-refractivity contribution in [3.8, 4) is 0 Å². The van der Waals surface area contributed by atoms with Crippen LogP contribution in [0.15, 0.2) is 24.3 Å². The lowest BCUT2D eigenvalue weighted by Gasteiger charge is -2.30. The van der Waals surface area contributed by atoms with Crippen molar-refractivity contribution in [2.45, 2.75) is 37.8 Å². The van der Waals surface area contributed by atoms with Crippen LogP contribution in [0.5, 0.6) is 0 Å². The summed E-state index contributed by atoms with van der Waals surface area (Å²) < 4.78 is 29.9. The third-order valence-corrected chi connectivity index (χ3v) is 4.80. The molecule has 24 heavy (non-hydrogen) atoms. The Morgan fingerprint density at radius 3 is 2.88 bits per heavy atom. The summed E-state index contributed by atoms with van der Waals surface area (Å²) in [6.07, 6.45) is 2.33. The van der Waals surface area contributed by atoms with Gasteiger partial charge in [-0.15, -0.1) is 0 Å². The Morgan fingerprint density at radius 2 is 2.12 bits per heavy atom. The monoisotopic (exact) mass is 334 g/mol. The van der Waals surface area contributed by atoms with Crippen LogP contribution in [0.3, 0.4) is 0 Å². The van der Waals surface area contributed by atoms with E-state index in [-0.39, 0.29) is 13.0 Å². The largest absolute Gasteiger partial charge is 0.348 e. The first kappa shape index (κ1) is 15.5. The number of hydrogen-bond donors (Lipinski definition) is 2. The molecule has 0 spiro atoms. The van der Waals surface area contributed by atoms with Gasteiger partial charge in [-0.3, -0.25) is 4.79 Å². The molecule has 1 aliphatic carbocycles. The van der Waals surface area contributed by atoms with Gasteiger partial charge in [0.15, 0.2) is 0 Å². The summed E-state index contributed by atoms with van der Waals surface area (Å²) in [6.45, 7) is 0.184. The summed E-state index contributed by atoms with van der Waals surface area (Å²) in [6, 6.07) is 8.23. The molecule has 1 aromatic heterocycles. The van der Waals surface area contributed by atoms with E-state index in [2.05, 4.69) is 20.2 Å². The zero-order valence-electron chi connectivity index (χ0n) is 13.3. The van der Waals surface area contributed by atoms with Gasteiger partial charge in [0.2, 0.25) is 5.91 Å². The van der Waals surface area contributed by atoms with Crippen LogP contribution in [-0.2, 0) is 11.3 Å². The second kappa shape index (κ2) is 5.81. The first-order valence-electron chi connectivity index (χ1n) is 8.38. The Labute approximate surface area is 138 Å². The summed E-state index contributed by atoms with van der Waals surface area (Å²) >= 11 is 0. The van der Waals surface area contributed by atoms with E-state index in [1.54, 1.807) is 0 Å². The molecule has 0 bridgehead atoms. The maximum atomic E-state index is 13.9. The third-order valence-electron chi connectivity index (χ3n) is 4.80. The van der Waals surface area contributed by atoms with Gasteiger partial charge in [0.1, 0.15) is 11.7 Å². The molecule has 1 unspecified atom stereocenters. The van der Waals surface area contributed by atoms with Gasteiger partial charge < -0.3 is 15.2 Å². The molecule has 2 aliphatic rings. The predicted molar refractivity (Wildman–Crippen MR) is 85.8 cm³/mol. The summed E-state index contributed by atoms with van der Waals surface area (Å²) in [4.78, 5) is 16.8. The van der Waals surface area contributed by atoms with Crippen LogP contribution in [-0.4, -0.2) is 34.5 Å². The lowest BCUT2D eigenvalue weighted by atomic mass is 9.93. The summed E-state index contributed by atoms with van der Waals surface area (Å²) in [5.74, 6) is -4.11. The minimum atomic E-state index is -3.00. The van der Waals surface area contributed by atoms with E-state index in [0.717, 1.165) is 29.7 Å². The maximum absolute atomic E-state index is 13.9. The van der Waals surface area contributed by atoms with Gasteiger partial charge in [-0.25, -0.2) is 13.8 Å². The van der Waals surface area contributed by atoms with Gasteiger partial charge in [0.25, 0.3) is 5.92 Å². The molecular formula is C17H20F2N4O. The Morgan fingerprint density at radius 1 is 1.33 bits per heavy atom. The highest BCUT2D eigenvalue weighted by atomic mass is 19.3. The topological polar surface area (TPSA) is 59.0 Å². The number of alkyl halides is 2. The number of halogens is 2. The normalized spacial score (nSPS) is 23.3. The lowest BCUT2D eigenvalue weighted by Crippen LogP contribution is -2.52. The van der Waals surface area contributed by atoms with Crippen molar-refractivity contribution in [2.75, 3.05) is 13.1 Å². The zero-order chi connectivity index (χ0) is 16.7. The van der Waals surface area contributed by atoms with Crippen LogP contribution in [0.25, 0.3) is 11.0 Å². The minimum Gasteiger partial charge on any atom is -0.348 e. The quantitative estimate of drug-likeness (QED) is 0.901. The molecule has 1 saturated carbocycles. The van der Waals surface area contributed by atoms with E-state index < -0.39 is 24.3 Å². The fourth-order valence-electron chi connectivity index (χ4n) is 3.41. The predicted octanol–water partition coefficient (Wildman–Crippen LogP) is 2.23. The number of piperidine rings is 1. The second-order valence-electron chi connectivity index (χ2n) is 6.61. The molecule has 4 rings (SSSR count).